The molecule has 0 bridgehead atoms. The molecule has 0 saturated carbocycles. The second-order valence-corrected chi connectivity index (χ2v) is 7.68. The molecule has 1 fully saturated rings. The summed E-state index contributed by atoms with van der Waals surface area (Å²) in [4.78, 5) is 31.4. The van der Waals surface area contributed by atoms with E-state index in [0.29, 0.717) is 30.3 Å². The van der Waals surface area contributed by atoms with E-state index < -0.39 is 0 Å². The first-order valence-corrected chi connectivity index (χ1v) is 9.96. The summed E-state index contributed by atoms with van der Waals surface area (Å²) in [7, 11) is 1.80. The molecule has 1 aliphatic heterocycles. The Balaban J connectivity index is 1.33. The molecule has 1 saturated heterocycles. The molecule has 150 valence electrons. The van der Waals surface area contributed by atoms with Crippen molar-refractivity contribution in [2.45, 2.75) is 25.8 Å². The van der Waals surface area contributed by atoms with Gasteiger partial charge in [-0.1, -0.05) is 12.1 Å². The van der Waals surface area contributed by atoms with Gasteiger partial charge in [0.15, 0.2) is 0 Å². The number of nitrogens with zero attached hydrogens (tertiary/aromatic N) is 4. The number of hydrogen-bond acceptors (Lipinski definition) is 4. The normalized spacial score (nSPS) is 16.0. The lowest BCUT2D eigenvalue weighted by Gasteiger charge is -2.34. The summed E-state index contributed by atoms with van der Waals surface area (Å²) in [5.74, 6) is 0.228. The first kappa shape index (κ1) is 19.1. The second-order valence-electron chi connectivity index (χ2n) is 7.68. The molecule has 1 unspecified atom stereocenters. The fraction of sp³-hybridized carbons (Fsp3) is 0.364. The number of rotatable bonds is 4. The number of pyridine rings is 1. The highest BCUT2D eigenvalue weighted by Gasteiger charge is 2.28. The molecule has 1 atom stereocenters. The Labute approximate surface area is 169 Å². The quantitative estimate of drug-likeness (QED) is 0.741. The summed E-state index contributed by atoms with van der Waals surface area (Å²) in [6.07, 6.45) is 5.23. The predicted molar refractivity (Wildman–Crippen MR) is 111 cm³/mol. The van der Waals surface area contributed by atoms with Crippen LogP contribution in [-0.4, -0.2) is 50.6 Å². The number of likely N-dealkylation sites (tertiary alicyclic amines) is 1. The maximum Gasteiger partial charge on any atom is 0.274 e. The minimum Gasteiger partial charge on any atom is -0.349 e. The van der Waals surface area contributed by atoms with Gasteiger partial charge in [0.2, 0.25) is 0 Å². The van der Waals surface area contributed by atoms with E-state index in [-0.39, 0.29) is 17.9 Å². The van der Waals surface area contributed by atoms with Crippen molar-refractivity contribution in [1.82, 2.24) is 25.0 Å². The maximum absolute atomic E-state index is 12.7. The van der Waals surface area contributed by atoms with E-state index in [1.807, 2.05) is 42.2 Å². The summed E-state index contributed by atoms with van der Waals surface area (Å²) >= 11 is 0. The Morgan fingerprint density at radius 3 is 2.69 bits per heavy atom. The van der Waals surface area contributed by atoms with Crippen molar-refractivity contribution >= 4 is 22.7 Å². The van der Waals surface area contributed by atoms with Crippen LogP contribution < -0.4 is 5.32 Å². The highest BCUT2D eigenvalue weighted by molar-refractivity contribution is 5.97. The molecular weight excluding hydrogens is 366 g/mol. The van der Waals surface area contributed by atoms with Crippen molar-refractivity contribution in [1.29, 1.82) is 0 Å². The Kier molecular flexibility index (Phi) is 5.29. The van der Waals surface area contributed by atoms with Crippen LogP contribution in [0.5, 0.6) is 0 Å². The van der Waals surface area contributed by atoms with Crippen molar-refractivity contribution < 1.29 is 9.59 Å². The van der Waals surface area contributed by atoms with Crippen LogP contribution in [0.2, 0.25) is 0 Å². The maximum atomic E-state index is 12.7. The molecule has 4 rings (SSSR count). The van der Waals surface area contributed by atoms with E-state index in [0.717, 1.165) is 23.7 Å². The van der Waals surface area contributed by atoms with Crippen LogP contribution in [-0.2, 0) is 7.05 Å². The third kappa shape index (κ3) is 4.13. The van der Waals surface area contributed by atoms with Gasteiger partial charge in [-0.15, -0.1) is 0 Å². The molecule has 7 heteroatoms. The molecule has 0 spiro atoms. The molecule has 1 aromatic carbocycles. The molecule has 29 heavy (non-hydrogen) atoms. The summed E-state index contributed by atoms with van der Waals surface area (Å²) < 4.78 is 1.64. The summed E-state index contributed by atoms with van der Waals surface area (Å²) in [5, 5.41) is 8.34. The second kappa shape index (κ2) is 8.03. The largest absolute Gasteiger partial charge is 0.349 e. The molecule has 3 heterocycles. The zero-order chi connectivity index (χ0) is 20.4. The Morgan fingerprint density at radius 1 is 1.17 bits per heavy atom. The fourth-order valence-electron chi connectivity index (χ4n) is 3.91. The van der Waals surface area contributed by atoms with Gasteiger partial charge in [0, 0.05) is 49.5 Å². The number of fused-ring (bicyclic) bond motifs is 1. The minimum atomic E-state index is -0.0861. The van der Waals surface area contributed by atoms with Crippen molar-refractivity contribution in [3.8, 4) is 0 Å². The number of hydrogen-bond donors (Lipinski definition) is 1. The van der Waals surface area contributed by atoms with Gasteiger partial charge in [0.1, 0.15) is 5.69 Å². The van der Waals surface area contributed by atoms with Gasteiger partial charge in [0.25, 0.3) is 11.8 Å². The van der Waals surface area contributed by atoms with Crippen LogP contribution >= 0.6 is 0 Å². The molecule has 2 amide bonds. The number of piperidine rings is 1. The van der Waals surface area contributed by atoms with Crippen LogP contribution in [0.4, 0.5) is 0 Å². The molecule has 1 aliphatic rings. The predicted octanol–water partition coefficient (Wildman–Crippen LogP) is 2.64. The van der Waals surface area contributed by atoms with Gasteiger partial charge >= 0.3 is 0 Å². The van der Waals surface area contributed by atoms with Gasteiger partial charge in [-0.3, -0.25) is 19.3 Å². The monoisotopic (exact) mass is 391 g/mol. The summed E-state index contributed by atoms with van der Waals surface area (Å²) in [6, 6.07) is 11.2. The Hall–Kier alpha value is -3.22. The number of carbonyl (C=O) groups excluding carboxylic acids is 2. The Morgan fingerprint density at radius 2 is 1.97 bits per heavy atom. The van der Waals surface area contributed by atoms with Crippen molar-refractivity contribution in [3.63, 3.8) is 0 Å². The fourth-order valence-corrected chi connectivity index (χ4v) is 3.91. The zero-order valence-electron chi connectivity index (χ0n) is 16.7. The molecular formula is C22H25N5O2. The van der Waals surface area contributed by atoms with E-state index in [2.05, 4.69) is 15.4 Å². The van der Waals surface area contributed by atoms with E-state index in [4.69, 9.17) is 0 Å². The molecule has 2 aromatic heterocycles. The number of nitrogens with one attached hydrogen (secondary N) is 1. The average Bonchev–Trinajstić information content (AvgIpc) is 3.19. The lowest BCUT2D eigenvalue weighted by Crippen LogP contribution is -2.45. The van der Waals surface area contributed by atoms with Crippen LogP contribution in [0.25, 0.3) is 10.9 Å². The lowest BCUT2D eigenvalue weighted by molar-refractivity contribution is 0.0657. The third-order valence-corrected chi connectivity index (χ3v) is 5.69. The molecule has 0 radical (unpaired) electrons. The van der Waals surface area contributed by atoms with Gasteiger partial charge in [-0.25, -0.2) is 0 Å². The average molecular weight is 391 g/mol. The van der Waals surface area contributed by atoms with Gasteiger partial charge in [-0.05, 0) is 49.9 Å². The summed E-state index contributed by atoms with van der Waals surface area (Å²) in [6.45, 7) is 3.40. The topological polar surface area (TPSA) is 80.1 Å². The Bertz CT molecular complexity index is 1040. The van der Waals surface area contributed by atoms with Crippen LogP contribution in [0.3, 0.4) is 0 Å². The third-order valence-electron chi connectivity index (χ3n) is 5.69. The van der Waals surface area contributed by atoms with E-state index in [1.165, 1.54) is 0 Å². The molecule has 0 aliphatic carbocycles. The van der Waals surface area contributed by atoms with E-state index in [9.17, 15) is 9.59 Å². The number of carbonyl (C=O) groups is 2. The van der Waals surface area contributed by atoms with Gasteiger partial charge in [-0.2, -0.15) is 5.10 Å². The van der Waals surface area contributed by atoms with E-state index in [1.54, 1.807) is 30.2 Å². The van der Waals surface area contributed by atoms with Crippen molar-refractivity contribution in [2.75, 3.05) is 13.1 Å². The smallest absolute Gasteiger partial charge is 0.274 e. The SMILES string of the molecule is CC(NC(=O)c1ccc2cccnc2c1)C1CCN(C(=O)c2ccn(C)n2)CC1. The van der Waals surface area contributed by atoms with Gasteiger partial charge in [0.05, 0.1) is 5.52 Å². The van der Waals surface area contributed by atoms with Crippen molar-refractivity contribution in [3.05, 3.63) is 60.0 Å². The van der Waals surface area contributed by atoms with Gasteiger partial charge < -0.3 is 10.2 Å². The molecule has 7 nitrogen and oxygen atoms in total. The van der Waals surface area contributed by atoms with Crippen LogP contribution in [0, 0.1) is 5.92 Å². The van der Waals surface area contributed by atoms with Crippen molar-refractivity contribution in [2.24, 2.45) is 13.0 Å². The highest BCUT2D eigenvalue weighted by Crippen LogP contribution is 2.22. The number of amides is 2. The first-order valence-electron chi connectivity index (χ1n) is 9.96. The van der Waals surface area contributed by atoms with Crippen LogP contribution in [0.1, 0.15) is 40.6 Å². The summed E-state index contributed by atoms with van der Waals surface area (Å²) in [5.41, 5.74) is 1.91. The lowest BCUT2D eigenvalue weighted by atomic mass is 9.90. The van der Waals surface area contributed by atoms with E-state index >= 15 is 0 Å². The van der Waals surface area contributed by atoms with Crippen LogP contribution in [0.15, 0.2) is 48.8 Å². The number of benzene rings is 1. The minimum absolute atomic E-state index is 0.0237. The molecule has 1 N–H and O–H groups in total. The molecule has 3 aromatic rings. The standard InChI is InChI=1S/C22H25N5O2/c1-15(24-21(28)18-6-5-17-4-3-10-23-20(17)14-18)16-7-12-27(13-8-16)22(29)19-9-11-26(2)25-19/h3-6,9-11,14-16H,7-8,12-13H2,1-2H3,(H,24,28). The number of aromatic nitrogens is 3. The highest BCUT2D eigenvalue weighted by atomic mass is 16.2. The number of aryl methyl sites for hydroxylation is 1. The first-order chi connectivity index (χ1) is 14.0. The zero-order valence-corrected chi connectivity index (χ0v) is 16.7.